The summed E-state index contributed by atoms with van der Waals surface area (Å²) in [6, 6.07) is 9.83. The van der Waals surface area contributed by atoms with Gasteiger partial charge in [-0.3, -0.25) is 9.78 Å². The number of aromatic amines is 1. The minimum absolute atomic E-state index is 0.114. The number of rotatable bonds is 6. The lowest BCUT2D eigenvalue weighted by Crippen LogP contribution is -2.24. The number of aromatic nitrogens is 3. The highest BCUT2D eigenvalue weighted by Gasteiger charge is 2.18. The van der Waals surface area contributed by atoms with E-state index in [0.29, 0.717) is 38.6 Å². The molecular formula is C22H18Cl2FN5O2. The molecule has 164 valence electrons. The lowest BCUT2D eigenvalue weighted by molar-refractivity contribution is 0.0947. The van der Waals surface area contributed by atoms with Gasteiger partial charge in [-0.15, -0.1) is 0 Å². The molecule has 4 rings (SSSR count). The maximum Gasteiger partial charge on any atom is 0.255 e. The van der Waals surface area contributed by atoms with E-state index < -0.39 is 5.82 Å². The second-order valence-corrected chi connectivity index (χ2v) is 7.76. The molecule has 2 aromatic carbocycles. The molecule has 4 aromatic rings. The second kappa shape index (κ2) is 9.02. The molecule has 0 saturated heterocycles. The molecule has 0 radical (unpaired) electrons. The average Bonchev–Trinajstić information content (AvgIpc) is 3.19. The number of aryl methyl sites for hydroxylation is 1. The van der Waals surface area contributed by atoms with Gasteiger partial charge in [-0.2, -0.15) is 0 Å². The predicted molar refractivity (Wildman–Crippen MR) is 122 cm³/mol. The van der Waals surface area contributed by atoms with Crippen LogP contribution in [0.2, 0.25) is 10.0 Å². The Hall–Kier alpha value is -3.36. The lowest BCUT2D eigenvalue weighted by Gasteiger charge is -2.10. The molecule has 2 heterocycles. The van der Waals surface area contributed by atoms with Crippen LogP contribution in [0.4, 0.5) is 16.0 Å². The third-order valence-electron chi connectivity index (χ3n) is 4.83. The summed E-state index contributed by atoms with van der Waals surface area (Å²) in [6.07, 6.45) is 1.60. The Morgan fingerprint density at radius 2 is 2.03 bits per heavy atom. The van der Waals surface area contributed by atoms with Crippen LogP contribution in [0.5, 0.6) is 5.75 Å². The highest BCUT2D eigenvalue weighted by molar-refractivity contribution is 6.33. The number of carbonyl (C=O) groups excluding carboxylic acids is 1. The number of ether oxygens (including phenoxy) is 1. The van der Waals surface area contributed by atoms with E-state index >= 15 is 0 Å². The Bertz CT molecular complexity index is 1330. The standard InChI is InChI=1S/C22H18Cl2FN5O2/c1-11-5-6-14(24)20(19(11)25)30-22-28-15-8-12(18(32-2)9-16(15)29-22)21(31)27-10-17-13(23)4-3-7-26-17/h3-9H,10H2,1-2H3,(H,27,31)(H2,28,29,30). The molecule has 0 fully saturated rings. The monoisotopic (exact) mass is 473 g/mol. The highest BCUT2D eigenvalue weighted by Crippen LogP contribution is 2.31. The maximum atomic E-state index is 14.5. The normalized spacial score (nSPS) is 10.9. The molecule has 0 bridgehead atoms. The van der Waals surface area contributed by atoms with Crippen LogP contribution in [-0.4, -0.2) is 28.0 Å². The van der Waals surface area contributed by atoms with Gasteiger partial charge in [-0.1, -0.05) is 29.3 Å². The minimum Gasteiger partial charge on any atom is -0.496 e. The number of methoxy groups -OCH3 is 1. The number of nitrogens with zero attached hydrogens (tertiary/aromatic N) is 2. The Morgan fingerprint density at radius 3 is 2.78 bits per heavy atom. The van der Waals surface area contributed by atoms with E-state index in [2.05, 4.69) is 25.6 Å². The van der Waals surface area contributed by atoms with Crippen molar-refractivity contribution >= 4 is 51.8 Å². The number of nitrogens with one attached hydrogen (secondary N) is 3. The Labute approximate surface area is 192 Å². The molecule has 1 amide bonds. The minimum atomic E-state index is -0.469. The molecule has 0 atom stereocenters. The van der Waals surface area contributed by atoms with Gasteiger partial charge in [-0.25, -0.2) is 9.37 Å². The molecule has 10 heteroatoms. The van der Waals surface area contributed by atoms with Gasteiger partial charge >= 0.3 is 0 Å². The summed E-state index contributed by atoms with van der Waals surface area (Å²) in [6.45, 7) is 1.80. The largest absolute Gasteiger partial charge is 0.496 e. The first-order chi connectivity index (χ1) is 15.4. The van der Waals surface area contributed by atoms with Crippen LogP contribution in [0.3, 0.4) is 0 Å². The molecule has 32 heavy (non-hydrogen) atoms. The summed E-state index contributed by atoms with van der Waals surface area (Å²) in [5.74, 6) is -0.239. The lowest BCUT2D eigenvalue weighted by atomic mass is 10.1. The number of pyridine rings is 1. The molecule has 0 aliphatic heterocycles. The number of halogens is 3. The van der Waals surface area contributed by atoms with Crippen molar-refractivity contribution in [1.29, 1.82) is 0 Å². The molecule has 0 spiro atoms. The molecule has 3 N–H and O–H groups in total. The third-order valence-corrected chi connectivity index (χ3v) is 5.49. The number of anilines is 2. The zero-order chi connectivity index (χ0) is 22.8. The van der Waals surface area contributed by atoms with Gasteiger partial charge in [-0.05, 0) is 36.8 Å². The fourth-order valence-corrected chi connectivity index (χ4v) is 3.52. The first-order valence-electron chi connectivity index (χ1n) is 9.54. The fourth-order valence-electron chi connectivity index (χ4n) is 3.14. The highest BCUT2D eigenvalue weighted by atomic mass is 35.5. The van der Waals surface area contributed by atoms with Gasteiger partial charge in [0.1, 0.15) is 5.75 Å². The Balaban J connectivity index is 1.62. The van der Waals surface area contributed by atoms with Gasteiger partial charge in [0.2, 0.25) is 5.95 Å². The van der Waals surface area contributed by atoms with Crippen LogP contribution in [0.15, 0.2) is 42.6 Å². The molecular weight excluding hydrogens is 456 g/mol. The number of carbonyl (C=O) groups is 1. The van der Waals surface area contributed by atoms with E-state index in [1.54, 1.807) is 49.5 Å². The Morgan fingerprint density at radius 1 is 1.22 bits per heavy atom. The van der Waals surface area contributed by atoms with Crippen molar-refractivity contribution in [3.8, 4) is 5.75 Å². The number of hydrogen-bond donors (Lipinski definition) is 3. The first kappa shape index (κ1) is 21.9. The van der Waals surface area contributed by atoms with E-state index in [1.165, 1.54) is 7.11 Å². The van der Waals surface area contributed by atoms with Crippen molar-refractivity contribution in [3.63, 3.8) is 0 Å². The van der Waals surface area contributed by atoms with Crippen LogP contribution in [0, 0.1) is 12.7 Å². The van der Waals surface area contributed by atoms with Crippen molar-refractivity contribution in [3.05, 3.63) is 75.3 Å². The van der Waals surface area contributed by atoms with Crippen LogP contribution in [0.25, 0.3) is 11.0 Å². The molecule has 0 saturated carbocycles. The van der Waals surface area contributed by atoms with E-state index in [9.17, 15) is 9.18 Å². The average molecular weight is 474 g/mol. The maximum absolute atomic E-state index is 14.5. The van der Waals surface area contributed by atoms with E-state index in [4.69, 9.17) is 27.9 Å². The van der Waals surface area contributed by atoms with Gasteiger partial charge in [0.15, 0.2) is 5.82 Å². The third kappa shape index (κ3) is 4.32. The van der Waals surface area contributed by atoms with Crippen molar-refractivity contribution in [2.75, 3.05) is 12.4 Å². The zero-order valence-electron chi connectivity index (χ0n) is 17.1. The van der Waals surface area contributed by atoms with E-state index in [0.717, 1.165) is 0 Å². The van der Waals surface area contributed by atoms with Crippen molar-refractivity contribution < 1.29 is 13.9 Å². The number of imidazole rings is 1. The van der Waals surface area contributed by atoms with Gasteiger partial charge in [0.25, 0.3) is 5.91 Å². The summed E-state index contributed by atoms with van der Waals surface area (Å²) in [7, 11) is 1.46. The quantitative estimate of drug-likeness (QED) is 0.348. The molecule has 0 aliphatic rings. The SMILES string of the molecule is COc1cc2nc(Nc3c(Cl)ccc(C)c3F)[nH]c2cc1C(=O)NCc1ncccc1Cl. The predicted octanol–water partition coefficient (Wildman–Crippen LogP) is 5.39. The van der Waals surface area contributed by atoms with Crippen LogP contribution in [0.1, 0.15) is 21.6 Å². The summed E-state index contributed by atoms with van der Waals surface area (Å²) in [5, 5.41) is 6.33. The van der Waals surface area contributed by atoms with Crippen LogP contribution >= 0.6 is 23.2 Å². The van der Waals surface area contributed by atoms with Crippen molar-refractivity contribution in [2.45, 2.75) is 13.5 Å². The topological polar surface area (TPSA) is 91.9 Å². The summed E-state index contributed by atoms with van der Waals surface area (Å²) in [5.41, 5.74) is 2.48. The van der Waals surface area contributed by atoms with E-state index in [-0.39, 0.29) is 29.1 Å². The van der Waals surface area contributed by atoms with Crippen molar-refractivity contribution in [2.24, 2.45) is 0 Å². The fraction of sp³-hybridized carbons (Fsp3) is 0.136. The number of amides is 1. The number of hydrogen-bond acceptors (Lipinski definition) is 5. The van der Waals surface area contributed by atoms with Gasteiger partial charge < -0.3 is 20.4 Å². The summed E-state index contributed by atoms with van der Waals surface area (Å²) >= 11 is 12.2. The first-order valence-corrected chi connectivity index (χ1v) is 10.3. The number of fused-ring (bicyclic) bond motifs is 1. The number of benzene rings is 2. The molecule has 0 unspecified atom stereocenters. The molecule has 2 aromatic heterocycles. The summed E-state index contributed by atoms with van der Waals surface area (Å²) < 4.78 is 19.8. The van der Waals surface area contributed by atoms with Crippen LogP contribution < -0.4 is 15.4 Å². The smallest absolute Gasteiger partial charge is 0.255 e. The van der Waals surface area contributed by atoms with Gasteiger partial charge in [0.05, 0.1) is 51.7 Å². The summed E-state index contributed by atoms with van der Waals surface area (Å²) in [4.78, 5) is 24.4. The molecule has 7 nitrogen and oxygen atoms in total. The zero-order valence-corrected chi connectivity index (χ0v) is 18.6. The molecule has 0 aliphatic carbocycles. The van der Waals surface area contributed by atoms with Gasteiger partial charge in [0, 0.05) is 12.3 Å². The Kier molecular flexibility index (Phi) is 6.16. The van der Waals surface area contributed by atoms with E-state index in [1.807, 2.05) is 0 Å². The van der Waals surface area contributed by atoms with Crippen molar-refractivity contribution in [1.82, 2.24) is 20.3 Å². The second-order valence-electron chi connectivity index (χ2n) is 6.95. The number of H-pyrrole nitrogens is 1. The van der Waals surface area contributed by atoms with Crippen LogP contribution in [-0.2, 0) is 6.54 Å².